The lowest BCUT2D eigenvalue weighted by atomic mass is 10.1. The fraction of sp³-hybridized carbons (Fsp3) is 0.250. The number of nitrogens with zero attached hydrogens (tertiary/aromatic N) is 5. The SMILES string of the molecule is Cn1c(SC2CCc3c(Cl)cc(Cl)cc32)nnc1-c1cnccn1. The van der Waals surface area contributed by atoms with Gasteiger partial charge in [-0.05, 0) is 36.1 Å². The molecule has 0 radical (unpaired) electrons. The Morgan fingerprint density at radius 3 is 2.88 bits per heavy atom. The van der Waals surface area contributed by atoms with E-state index < -0.39 is 0 Å². The first-order chi connectivity index (χ1) is 11.6. The lowest BCUT2D eigenvalue weighted by molar-refractivity contribution is 0.782. The smallest absolute Gasteiger partial charge is 0.191 e. The van der Waals surface area contributed by atoms with E-state index in [0.29, 0.717) is 16.5 Å². The molecular weight excluding hydrogens is 365 g/mol. The van der Waals surface area contributed by atoms with Crippen LogP contribution in [-0.2, 0) is 13.5 Å². The van der Waals surface area contributed by atoms with Crippen molar-refractivity contribution in [3.8, 4) is 11.5 Å². The van der Waals surface area contributed by atoms with Crippen molar-refractivity contribution in [2.75, 3.05) is 0 Å². The third-order valence-corrected chi connectivity index (χ3v) is 5.97. The first kappa shape index (κ1) is 15.9. The molecule has 1 unspecified atom stereocenters. The number of aromatic nitrogens is 5. The molecule has 0 saturated carbocycles. The van der Waals surface area contributed by atoms with Gasteiger partial charge in [-0.2, -0.15) is 0 Å². The van der Waals surface area contributed by atoms with Crippen molar-refractivity contribution in [2.24, 2.45) is 7.05 Å². The van der Waals surface area contributed by atoms with Gasteiger partial charge in [0.25, 0.3) is 0 Å². The molecule has 1 atom stereocenters. The molecule has 1 aromatic carbocycles. The maximum atomic E-state index is 6.32. The number of hydrogen-bond donors (Lipinski definition) is 0. The second kappa shape index (κ2) is 6.35. The molecule has 122 valence electrons. The first-order valence-corrected chi connectivity index (χ1v) is 9.07. The molecule has 24 heavy (non-hydrogen) atoms. The Bertz CT molecular complexity index is 897. The van der Waals surface area contributed by atoms with Crippen LogP contribution in [0.15, 0.2) is 35.9 Å². The molecule has 1 aliphatic rings. The maximum absolute atomic E-state index is 6.32. The van der Waals surface area contributed by atoms with Crippen LogP contribution in [0.25, 0.3) is 11.5 Å². The van der Waals surface area contributed by atoms with E-state index in [-0.39, 0.29) is 5.25 Å². The van der Waals surface area contributed by atoms with Crippen LogP contribution >= 0.6 is 35.0 Å². The topological polar surface area (TPSA) is 56.5 Å². The summed E-state index contributed by atoms with van der Waals surface area (Å²) < 4.78 is 1.94. The van der Waals surface area contributed by atoms with Crippen molar-refractivity contribution in [2.45, 2.75) is 23.2 Å². The Morgan fingerprint density at radius 2 is 2.08 bits per heavy atom. The van der Waals surface area contributed by atoms with Gasteiger partial charge in [-0.3, -0.25) is 4.98 Å². The monoisotopic (exact) mass is 377 g/mol. The van der Waals surface area contributed by atoms with Crippen molar-refractivity contribution in [3.05, 3.63) is 51.9 Å². The zero-order valence-corrected chi connectivity index (χ0v) is 15.1. The minimum Gasteiger partial charge on any atom is -0.304 e. The minimum absolute atomic E-state index is 0.272. The van der Waals surface area contributed by atoms with Crippen molar-refractivity contribution in [1.29, 1.82) is 0 Å². The Labute approximate surface area is 153 Å². The van der Waals surface area contributed by atoms with Crippen LogP contribution in [0.2, 0.25) is 10.0 Å². The molecule has 1 aliphatic carbocycles. The highest BCUT2D eigenvalue weighted by molar-refractivity contribution is 7.99. The van der Waals surface area contributed by atoms with Gasteiger partial charge in [0.15, 0.2) is 11.0 Å². The highest BCUT2D eigenvalue weighted by Gasteiger charge is 2.28. The van der Waals surface area contributed by atoms with E-state index in [1.165, 1.54) is 11.1 Å². The van der Waals surface area contributed by atoms with Crippen LogP contribution in [0.4, 0.5) is 0 Å². The van der Waals surface area contributed by atoms with E-state index in [1.807, 2.05) is 23.7 Å². The van der Waals surface area contributed by atoms with Crippen LogP contribution in [0.3, 0.4) is 0 Å². The number of halogens is 2. The summed E-state index contributed by atoms with van der Waals surface area (Å²) in [5, 5.41) is 11.1. The Balaban J connectivity index is 1.64. The van der Waals surface area contributed by atoms with E-state index >= 15 is 0 Å². The molecule has 0 amide bonds. The number of fused-ring (bicyclic) bond motifs is 1. The second-order valence-corrected chi connectivity index (χ2v) is 7.57. The minimum atomic E-state index is 0.272. The highest BCUT2D eigenvalue weighted by Crippen LogP contribution is 2.47. The average Bonchev–Trinajstić information content (AvgIpc) is 3.14. The maximum Gasteiger partial charge on any atom is 0.191 e. The summed E-state index contributed by atoms with van der Waals surface area (Å²) in [5.41, 5.74) is 3.09. The second-order valence-electron chi connectivity index (χ2n) is 5.56. The van der Waals surface area contributed by atoms with E-state index in [1.54, 1.807) is 30.4 Å². The fourth-order valence-electron chi connectivity index (χ4n) is 2.91. The van der Waals surface area contributed by atoms with Crippen molar-refractivity contribution in [3.63, 3.8) is 0 Å². The van der Waals surface area contributed by atoms with Gasteiger partial charge in [0.1, 0.15) is 5.69 Å². The average molecular weight is 378 g/mol. The normalized spacial score (nSPS) is 16.4. The molecule has 0 spiro atoms. The van der Waals surface area contributed by atoms with Crippen LogP contribution in [0.1, 0.15) is 22.8 Å². The predicted molar refractivity (Wildman–Crippen MR) is 95.4 cm³/mol. The number of thioether (sulfide) groups is 1. The van der Waals surface area contributed by atoms with Crippen LogP contribution in [0.5, 0.6) is 0 Å². The van der Waals surface area contributed by atoms with E-state index in [4.69, 9.17) is 23.2 Å². The van der Waals surface area contributed by atoms with Crippen LogP contribution in [0, 0.1) is 0 Å². The Hall–Kier alpha value is -1.63. The summed E-state index contributed by atoms with van der Waals surface area (Å²) in [6.45, 7) is 0. The summed E-state index contributed by atoms with van der Waals surface area (Å²) in [6.07, 6.45) is 6.93. The lowest BCUT2D eigenvalue weighted by Gasteiger charge is -2.11. The van der Waals surface area contributed by atoms with Crippen LogP contribution < -0.4 is 0 Å². The molecule has 0 aliphatic heterocycles. The van der Waals surface area contributed by atoms with Crippen molar-refractivity contribution >= 4 is 35.0 Å². The van der Waals surface area contributed by atoms with Gasteiger partial charge >= 0.3 is 0 Å². The molecule has 3 aromatic rings. The predicted octanol–water partition coefficient (Wildman–Crippen LogP) is 4.36. The van der Waals surface area contributed by atoms with E-state index in [0.717, 1.165) is 23.0 Å². The molecule has 8 heteroatoms. The summed E-state index contributed by atoms with van der Waals surface area (Å²) in [6, 6.07) is 3.82. The lowest BCUT2D eigenvalue weighted by Crippen LogP contribution is -1.98. The van der Waals surface area contributed by atoms with Gasteiger partial charge < -0.3 is 4.57 Å². The molecule has 2 aromatic heterocycles. The molecular formula is C16H13Cl2N5S. The number of hydrogen-bond acceptors (Lipinski definition) is 5. The van der Waals surface area contributed by atoms with Crippen molar-refractivity contribution < 1.29 is 0 Å². The molecule has 0 saturated heterocycles. The standard InChI is InChI=1S/C16H13Cl2N5S/c1-23-15(13-8-19-4-5-20-13)21-22-16(23)24-14-3-2-10-11(14)6-9(17)7-12(10)18/h4-8,14H,2-3H2,1H3. The zero-order valence-electron chi connectivity index (χ0n) is 12.8. The van der Waals surface area contributed by atoms with Gasteiger partial charge in [-0.1, -0.05) is 35.0 Å². The molecule has 0 N–H and O–H groups in total. The number of benzene rings is 1. The summed E-state index contributed by atoms with van der Waals surface area (Å²) in [4.78, 5) is 8.37. The first-order valence-electron chi connectivity index (χ1n) is 7.43. The molecule has 5 nitrogen and oxygen atoms in total. The Morgan fingerprint density at radius 1 is 1.21 bits per heavy atom. The molecule has 4 rings (SSSR count). The number of rotatable bonds is 3. The quantitative estimate of drug-likeness (QED) is 0.678. The largest absolute Gasteiger partial charge is 0.304 e. The fourth-order valence-corrected chi connectivity index (χ4v) is 4.67. The van der Waals surface area contributed by atoms with Gasteiger partial charge in [0.2, 0.25) is 0 Å². The summed E-state index contributed by atoms with van der Waals surface area (Å²) in [7, 11) is 1.94. The van der Waals surface area contributed by atoms with E-state index in [9.17, 15) is 0 Å². The van der Waals surface area contributed by atoms with Gasteiger partial charge in [0, 0.05) is 34.7 Å². The van der Waals surface area contributed by atoms with E-state index in [2.05, 4.69) is 20.2 Å². The van der Waals surface area contributed by atoms with Gasteiger partial charge in [-0.15, -0.1) is 10.2 Å². The van der Waals surface area contributed by atoms with Crippen LogP contribution in [-0.4, -0.2) is 24.7 Å². The third-order valence-electron chi connectivity index (χ3n) is 4.07. The van der Waals surface area contributed by atoms with Crippen molar-refractivity contribution in [1.82, 2.24) is 24.7 Å². The third kappa shape index (κ3) is 2.79. The molecule has 0 bridgehead atoms. The zero-order chi connectivity index (χ0) is 16.7. The van der Waals surface area contributed by atoms with Gasteiger partial charge in [0.05, 0.1) is 6.20 Å². The molecule has 0 fully saturated rings. The van der Waals surface area contributed by atoms with Gasteiger partial charge in [-0.25, -0.2) is 4.98 Å². The Kier molecular flexibility index (Phi) is 4.20. The summed E-state index contributed by atoms with van der Waals surface area (Å²) in [5.74, 6) is 0.702. The highest BCUT2D eigenvalue weighted by atomic mass is 35.5. The summed E-state index contributed by atoms with van der Waals surface area (Å²) >= 11 is 14.2. The molecule has 2 heterocycles.